The highest BCUT2D eigenvalue weighted by molar-refractivity contribution is 5.85. The van der Waals surface area contributed by atoms with E-state index in [2.05, 4.69) is 88.4 Å². The quantitative estimate of drug-likeness (QED) is 0.536. The highest BCUT2D eigenvalue weighted by Crippen LogP contribution is 2.51. The summed E-state index contributed by atoms with van der Waals surface area (Å²) in [5.74, 6) is 0. The predicted molar refractivity (Wildman–Crippen MR) is 101 cm³/mol. The van der Waals surface area contributed by atoms with Gasteiger partial charge < -0.3 is 0 Å². The van der Waals surface area contributed by atoms with Crippen molar-refractivity contribution in [1.29, 1.82) is 0 Å². The van der Waals surface area contributed by atoms with Crippen molar-refractivity contribution in [2.24, 2.45) is 0 Å². The van der Waals surface area contributed by atoms with E-state index >= 15 is 0 Å². The van der Waals surface area contributed by atoms with E-state index in [1.54, 1.807) is 0 Å². The number of rotatable bonds is 2. The highest BCUT2D eigenvalue weighted by Gasteiger charge is 2.37. The molecule has 0 aromatic heterocycles. The summed E-state index contributed by atoms with van der Waals surface area (Å²) in [5, 5.41) is 5.01. The molecule has 1 radical (unpaired) electrons. The molecule has 0 heterocycles. The van der Waals surface area contributed by atoms with Crippen LogP contribution in [-0.4, -0.2) is 0 Å². The van der Waals surface area contributed by atoms with Gasteiger partial charge in [0.25, 0.3) is 0 Å². The molecular formula is C23H22N. The number of fused-ring (bicyclic) bond motifs is 3. The molecule has 119 valence electrons. The van der Waals surface area contributed by atoms with Crippen molar-refractivity contribution in [2.75, 3.05) is 0 Å². The molecule has 4 rings (SSSR count). The number of hydrogen-bond donors (Lipinski definition) is 0. The first-order valence-electron chi connectivity index (χ1n) is 8.50. The van der Waals surface area contributed by atoms with Crippen LogP contribution in [0.3, 0.4) is 0 Å². The maximum absolute atomic E-state index is 5.01. The first-order valence-corrected chi connectivity index (χ1v) is 8.50. The summed E-state index contributed by atoms with van der Waals surface area (Å²) >= 11 is 0. The molecule has 1 aliphatic rings. The second-order valence-electron chi connectivity index (χ2n) is 7.33. The fourth-order valence-electron chi connectivity index (χ4n) is 4.07. The fourth-order valence-corrected chi connectivity index (χ4v) is 4.07. The van der Waals surface area contributed by atoms with Crippen LogP contribution < -0.4 is 5.32 Å². The number of hydrogen-bond acceptors (Lipinski definition) is 0. The van der Waals surface area contributed by atoms with Gasteiger partial charge in [-0.25, -0.2) is 5.32 Å². The molecule has 0 N–H and O–H groups in total. The van der Waals surface area contributed by atoms with Gasteiger partial charge in [0, 0.05) is 5.41 Å². The average molecular weight is 312 g/mol. The Morgan fingerprint density at radius 1 is 0.750 bits per heavy atom. The molecule has 3 aromatic carbocycles. The standard InChI is InChI=1S/C23H22N/c1-15-12-16(2)14-17(13-15)24-21-11-7-9-19-18-8-5-6-10-20(18)23(3,4)22(19)21/h5-14H,1-4H3. The number of nitrogens with zero attached hydrogens (tertiary/aromatic N) is 1. The van der Waals surface area contributed by atoms with Gasteiger partial charge in [0.2, 0.25) is 0 Å². The summed E-state index contributed by atoms with van der Waals surface area (Å²) in [7, 11) is 0. The summed E-state index contributed by atoms with van der Waals surface area (Å²) < 4.78 is 0. The molecule has 0 aliphatic heterocycles. The first-order chi connectivity index (χ1) is 11.5. The van der Waals surface area contributed by atoms with Crippen LogP contribution in [0, 0.1) is 13.8 Å². The Morgan fingerprint density at radius 2 is 1.42 bits per heavy atom. The normalized spacial score (nSPS) is 14.2. The third-order valence-corrected chi connectivity index (χ3v) is 5.01. The van der Waals surface area contributed by atoms with Crippen molar-refractivity contribution in [3.63, 3.8) is 0 Å². The fraction of sp³-hybridized carbons (Fsp3) is 0.217. The molecule has 0 bridgehead atoms. The van der Waals surface area contributed by atoms with Crippen LogP contribution in [0.1, 0.15) is 36.1 Å². The van der Waals surface area contributed by atoms with Gasteiger partial charge in [0.15, 0.2) is 0 Å². The molecule has 0 unspecified atom stereocenters. The molecular weight excluding hydrogens is 290 g/mol. The van der Waals surface area contributed by atoms with Gasteiger partial charge in [0.1, 0.15) is 0 Å². The Kier molecular flexibility index (Phi) is 3.28. The summed E-state index contributed by atoms with van der Waals surface area (Å²) in [6.45, 7) is 8.86. The maximum Gasteiger partial charge on any atom is 0.0683 e. The van der Waals surface area contributed by atoms with Crippen LogP contribution in [0.4, 0.5) is 11.4 Å². The lowest BCUT2D eigenvalue weighted by Crippen LogP contribution is -2.16. The van der Waals surface area contributed by atoms with Gasteiger partial charge in [-0.1, -0.05) is 56.3 Å². The summed E-state index contributed by atoms with van der Waals surface area (Å²) in [4.78, 5) is 0. The topological polar surface area (TPSA) is 14.1 Å². The van der Waals surface area contributed by atoms with Crippen LogP contribution in [0.15, 0.2) is 60.7 Å². The molecule has 24 heavy (non-hydrogen) atoms. The van der Waals surface area contributed by atoms with Crippen molar-refractivity contribution in [1.82, 2.24) is 5.32 Å². The van der Waals surface area contributed by atoms with Crippen LogP contribution in [-0.2, 0) is 5.41 Å². The predicted octanol–water partition coefficient (Wildman–Crippen LogP) is 6.18. The molecule has 0 saturated heterocycles. The zero-order valence-electron chi connectivity index (χ0n) is 14.7. The van der Waals surface area contributed by atoms with Crippen molar-refractivity contribution in [3.8, 4) is 11.1 Å². The third-order valence-electron chi connectivity index (χ3n) is 5.01. The van der Waals surface area contributed by atoms with Gasteiger partial charge in [0.05, 0.1) is 11.4 Å². The average Bonchev–Trinajstić information content (AvgIpc) is 2.76. The molecule has 1 heteroatoms. The number of aryl methyl sites for hydroxylation is 2. The summed E-state index contributed by atoms with van der Waals surface area (Å²) in [6.07, 6.45) is 0. The highest BCUT2D eigenvalue weighted by atomic mass is 14.9. The SMILES string of the molecule is Cc1cc(C)cc([N]c2cccc3c2C(C)(C)c2ccccc2-3)c1. The Morgan fingerprint density at radius 3 is 2.17 bits per heavy atom. The van der Waals surface area contributed by atoms with Gasteiger partial charge in [-0.05, 0) is 65.4 Å². The molecule has 1 nitrogen and oxygen atoms in total. The lowest BCUT2D eigenvalue weighted by Gasteiger charge is -2.24. The molecule has 0 saturated carbocycles. The van der Waals surface area contributed by atoms with E-state index in [4.69, 9.17) is 5.32 Å². The van der Waals surface area contributed by atoms with Crippen LogP contribution in [0.5, 0.6) is 0 Å². The third kappa shape index (κ3) is 2.24. The Bertz CT molecular complexity index is 914. The van der Waals surface area contributed by atoms with Crippen molar-refractivity contribution in [3.05, 3.63) is 82.9 Å². The van der Waals surface area contributed by atoms with E-state index in [-0.39, 0.29) is 5.41 Å². The van der Waals surface area contributed by atoms with E-state index in [1.807, 2.05) is 0 Å². The van der Waals surface area contributed by atoms with E-state index in [0.717, 1.165) is 11.4 Å². The lowest BCUT2D eigenvalue weighted by atomic mass is 9.81. The van der Waals surface area contributed by atoms with Crippen LogP contribution in [0.25, 0.3) is 11.1 Å². The minimum Gasteiger partial charge on any atom is -0.249 e. The minimum atomic E-state index is -0.0229. The van der Waals surface area contributed by atoms with Crippen LogP contribution >= 0.6 is 0 Å². The van der Waals surface area contributed by atoms with E-state index in [9.17, 15) is 0 Å². The van der Waals surface area contributed by atoms with Gasteiger partial charge in [-0.2, -0.15) is 0 Å². The van der Waals surface area contributed by atoms with Gasteiger partial charge in [-0.15, -0.1) is 0 Å². The maximum atomic E-state index is 5.01. The minimum absolute atomic E-state index is 0.0229. The Hall–Kier alpha value is -2.54. The van der Waals surface area contributed by atoms with Gasteiger partial charge >= 0.3 is 0 Å². The Balaban J connectivity index is 1.86. The monoisotopic (exact) mass is 312 g/mol. The van der Waals surface area contributed by atoms with Gasteiger partial charge in [-0.3, -0.25) is 0 Å². The van der Waals surface area contributed by atoms with Crippen molar-refractivity contribution in [2.45, 2.75) is 33.1 Å². The summed E-state index contributed by atoms with van der Waals surface area (Å²) in [5.41, 5.74) is 9.99. The van der Waals surface area contributed by atoms with E-state index in [0.29, 0.717) is 0 Å². The second kappa shape index (κ2) is 5.24. The Labute approximate surface area is 144 Å². The lowest BCUT2D eigenvalue weighted by molar-refractivity contribution is 0.658. The largest absolute Gasteiger partial charge is 0.249 e. The number of benzene rings is 3. The molecule has 0 amide bonds. The van der Waals surface area contributed by atoms with Crippen molar-refractivity contribution < 1.29 is 0 Å². The van der Waals surface area contributed by atoms with E-state index < -0.39 is 0 Å². The zero-order chi connectivity index (χ0) is 16.9. The molecule has 1 aliphatic carbocycles. The van der Waals surface area contributed by atoms with Crippen LogP contribution in [0.2, 0.25) is 0 Å². The first kappa shape index (κ1) is 15.0. The smallest absolute Gasteiger partial charge is 0.0683 e. The molecule has 0 fully saturated rings. The molecule has 0 spiro atoms. The second-order valence-corrected chi connectivity index (χ2v) is 7.33. The molecule has 0 atom stereocenters. The zero-order valence-corrected chi connectivity index (χ0v) is 14.7. The summed E-state index contributed by atoms with van der Waals surface area (Å²) in [6, 6.07) is 21.7. The van der Waals surface area contributed by atoms with Crippen molar-refractivity contribution >= 4 is 11.4 Å². The molecule has 3 aromatic rings. The van der Waals surface area contributed by atoms with E-state index in [1.165, 1.54) is 33.4 Å².